The number of ether oxygens (including phenoxy) is 1. The maximum Gasteiger partial charge on any atom is 0.193 e. The van der Waals surface area contributed by atoms with E-state index >= 15 is 0 Å². The Morgan fingerprint density at radius 1 is 1.32 bits per heavy atom. The van der Waals surface area contributed by atoms with Crippen molar-refractivity contribution in [3.8, 4) is 5.75 Å². The second kappa shape index (κ2) is 11.9. The van der Waals surface area contributed by atoms with Gasteiger partial charge in [-0.1, -0.05) is 36.9 Å². The van der Waals surface area contributed by atoms with E-state index in [1.54, 1.807) is 17.4 Å². The van der Waals surface area contributed by atoms with Gasteiger partial charge in [-0.05, 0) is 23.9 Å². The molecule has 4 nitrogen and oxygen atoms in total. The molecule has 2 aromatic rings. The maximum atomic E-state index is 5.70. The summed E-state index contributed by atoms with van der Waals surface area (Å²) in [6.45, 7) is 5.79. The number of nitrogens with one attached hydrogen (secondary N) is 1. The number of hydrogen-bond acceptors (Lipinski definition) is 3. The average Bonchev–Trinajstić information content (AvgIpc) is 3.13. The van der Waals surface area contributed by atoms with E-state index in [1.165, 1.54) is 4.88 Å². The molecule has 0 bridgehead atoms. The molecule has 1 aromatic carbocycles. The van der Waals surface area contributed by atoms with Crippen LogP contribution in [-0.4, -0.2) is 38.1 Å². The van der Waals surface area contributed by atoms with Crippen LogP contribution >= 0.6 is 35.3 Å². The summed E-state index contributed by atoms with van der Waals surface area (Å²) in [5.74, 6) is 1.76. The first-order chi connectivity index (χ1) is 11.7. The Kier molecular flexibility index (Phi) is 10.3. The van der Waals surface area contributed by atoms with Crippen molar-refractivity contribution >= 4 is 41.3 Å². The Hall–Kier alpha value is -1.54. The molecule has 0 fully saturated rings. The first-order valence-electron chi connectivity index (χ1n) is 8.00. The molecule has 6 heteroatoms. The summed E-state index contributed by atoms with van der Waals surface area (Å²) in [6.07, 6.45) is 2.77. The molecule has 25 heavy (non-hydrogen) atoms. The zero-order chi connectivity index (χ0) is 17.2. The first-order valence-corrected chi connectivity index (χ1v) is 8.88. The number of para-hydroxylation sites is 1. The minimum atomic E-state index is 0. The van der Waals surface area contributed by atoms with Gasteiger partial charge in [0.25, 0.3) is 0 Å². The number of nitrogens with zero attached hydrogens (tertiary/aromatic N) is 2. The second-order valence-corrected chi connectivity index (χ2v) is 6.39. The van der Waals surface area contributed by atoms with E-state index in [0.717, 1.165) is 30.2 Å². The van der Waals surface area contributed by atoms with Crippen molar-refractivity contribution in [3.63, 3.8) is 0 Å². The fraction of sp³-hybridized carbons (Fsp3) is 0.316. The molecule has 0 unspecified atom stereocenters. The summed E-state index contributed by atoms with van der Waals surface area (Å²) < 4.78 is 5.70. The highest BCUT2D eigenvalue weighted by Gasteiger charge is 2.08. The molecule has 0 aliphatic rings. The quantitative estimate of drug-likeness (QED) is 0.272. The standard InChI is InChI=1S/C19H25N3OS.HI/c1-4-13-23-18-10-6-5-8-16(18)15-21-19(20-2)22(3)12-11-17-9-7-14-24-17;/h4-10,14H,1,11-13,15H2,2-3H3,(H,20,21);1H. The van der Waals surface area contributed by atoms with Crippen molar-refractivity contribution in [2.75, 3.05) is 27.2 Å². The van der Waals surface area contributed by atoms with E-state index in [9.17, 15) is 0 Å². The zero-order valence-corrected chi connectivity index (χ0v) is 17.9. The molecule has 136 valence electrons. The molecule has 1 N–H and O–H groups in total. The van der Waals surface area contributed by atoms with Crippen LogP contribution < -0.4 is 10.1 Å². The molecule has 0 amide bonds. The van der Waals surface area contributed by atoms with E-state index in [4.69, 9.17) is 4.74 Å². The number of hydrogen-bond donors (Lipinski definition) is 1. The second-order valence-electron chi connectivity index (χ2n) is 5.36. The van der Waals surface area contributed by atoms with Gasteiger partial charge in [0, 0.05) is 37.6 Å². The normalized spacial score (nSPS) is 10.7. The van der Waals surface area contributed by atoms with Gasteiger partial charge in [0.2, 0.25) is 0 Å². The summed E-state index contributed by atoms with van der Waals surface area (Å²) in [5.41, 5.74) is 1.10. The fourth-order valence-corrected chi connectivity index (χ4v) is 3.04. The minimum Gasteiger partial charge on any atom is -0.489 e. The van der Waals surface area contributed by atoms with Gasteiger partial charge in [-0.25, -0.2) is 0 Å². The van der Waals surface area contributed by atoms with Crippen molar-refractivity contribution in [1.29, 1.82) is 0 Å². The van der Waals surface area contributed by atoms with E-state index in [2.05, 4.69) is 52.4 Å². The Labute approximate surface area is 171 Å². The molecule has 0 aliphatic carbocycles. The third kappa shape index (κ3) is 7.07. The number of benzene rings is 1. The van der Waals surface area contributed by atoms with Gasteiger partial charge in [-0.3, -0.25) is 4.99 Å². The summed E-state index contributed by atoms with van der Waals surface area (Å²) in [4.78, 5) is 7.91. The highest BCUT2D eigenvalue weighted by Crippen LogP contribution is 2.17. The molecular formula is C19H26IN3OS. The highest BCUT2D eigenvalue weighted by molar-refractivity contribution is 14.0. The van der Waals surface area contributed by atoms with Gasteiger partial charge in [0.15, 0.2) is 5.96 Å². The maximum absolute atomic E-state index is 5.70. The van der Waals surface area contributed by atoms with Crippen LogP contribution in [-0.2, 0) is 13.0 Å². The topological polar surface area (TPSA) is 36.9 Å². The summed E-state index contributed by atoms with van der Waals surface area (Å²) in [6, 6.07) is 12.3. The van der Waals surface area contributed by atoms with Gasteiger partial charge in [-0.15, -0.1) is 35.3 Å². The molecule has 0 aliphatic heterocycles. The lowest BCUT2D eigenvalue weighted by Crippen LogP contribution is -2.39. The van der Waals surface area contributed by atoms with Gasteiger partial charge >= 0.3 is 0 Å². The van der Waals surface area contributed by atoms with Crippen LogP contribution in [0.3, 0.4) is 0 Å². The van der Waals surface area contributed by atoms with Gasteiger partial charge in [-0.2, -0.15) is 0 Å². The van der Waals surface area contributed by atoms with Crippen molar-refractivity contribution < 1.29 is 4.74 Å². The predicted octanol–water partition coefficient (Wildman–Crippen LogP) is 4.18. The largest absolute Gasteiger partial charge is 0.489 e. The molecule has 0 saturated carbocycles. The Morgan fingerprint density at radius 3 is 2.80 bits per heavy atom. The monoisotopic (exact) mass is 471 g/mol. The van der Waals surface area contributed by atoms with Crippen LogP contribution in [0, 0.1) is 0 Å². The van der Waals surface area contributed by atoms with Crippen LogP contribution in [0.4, 0.5) is 0 Å². The average molecular weight is 471 g/mol. The molecule has 0 saturated heterocycles. The van der Waals surface area contributed by atoms with Crippen molar-refractivity contribution in [3.05, 3.63) is 64.9 Å². The summed E-state index contributed by atoms with van der Waals surface area (Å²) in [5, 5.41) is 5.52. The number of thiophene rings is 1. The van der Waals surface area contributed by atoms with Crippen molar-refractivity contribution in [2.45, 2.75) is 13.0 Å². The fourth-order valence-electron chi connectivity index (χ4n) is 2.34. The van der Waals surface area contributed by atoms with E-state index < -0.39 is 0 Å². The van der Waals surface area contributed by atoms with Gasteiger partial charge in [0.1, 0.15) is 12.4 Å². The predicted molar refractivity (Wildman–Crippen MR) is 118 cm³/mol. The van der Waals surface area contributed by atoms with Crippen molar-refractivity contribution in [1.82, 2.24) is 10.2 Å². The number of aliphatic imine (C=N–C) groups is 1. The van der Waals surface area contributed by atoms with E-state index in [0.29, 0.717) is 13.2 Å². The van der Waals surface area contributed by atoms with Crippen LogP contribution in [0.15, 0.2) is 59.4 Å². The molecule has 0 radical (unpaired) electrons. The summed E-state index contributed by atoms with van der Waals surface area (Å²) >= 11 is 1.79. The van der Waals surface area contributed by atoms with Crippen LogP contribution in [0.5, 0.6) is 5.75 Å². The van der Waals surface area contributed by atoms with Crippen LogP contribution in [0.2, 0.25) is 0 Å². The molecule has 0 atom stereocenters. The lowest BCUT2D eigenvalue weighted by molar-refractivity contribution is 0.358. The van der Waals surface area contributed by atoms with Crippen molar-refractivity contribution in [2.24, 2.45) is 4.99 Å². The van der Waals surface area contributed by atoms with Crippen LogP contribution in [0.1, 0.15) is 10.4 Å². The molecule has 1 aromatic heterocycles. The van der Waals surface area contributed by atoms with Gasteiger partial charge < -0.3 is 15.0 Å². The highest BCUT2D eigenvalue weighted by atomic mass is 127. The van der Waals surface area contributed by atoms with E-state index in [-0.39, 0.29) is 24.0 Å². The SMILES string of the molecule is C=CCOc1ccccc1CNC(=NC)N(C)CCc1cccs1.I. The number of guanidine groups is 1. The molecule has 2 rings (SSSR count). The van der Waals surface area contributed by atoms with Gasteiger partial charge in [0.05, 0.1) is 0 Å². The molecule has 1 heterocycles. The Balaban J connectivity index is 0.00000312. The first kappa shape index (κ1) is 21.5. The zero-order valence-electron chi connectivity index (χ0n) is 14.8. The lowest BCUT2D eigenvalue weighted by Gasteiger charge is -2.22. The lowest BCUT2D eigenvalue weighted by atomic mass is 10.2. The van der Waals surface area contributed by atoms with E-state index in [1.807, 2.05) is 25.2 Å². The summed E-state index contributed by atoms with van der Waals surface area (Å²) in [7, 11) is 3.87. The third-order valence-corrected chi connectivity index (χ3v) is 4.55. The number of halogens is 1. The minimum absolute atomic E-state index is 0. The molecular weight excluding hydrogens is 445 g/mol. The number of likely N-dealkylation sites (N-methyl/N-ethyl adjacent to an activating group) is 1. The molecule has 0 spiro atoms. The third-order valence-electron chi connectivity index (χ3n) is 3.61. The van der Waals surface area contributed by atoms with Crippen LogP contribution in [0.25, 0.3) is 0 Å². The smallest absolute Gasteiger partial charge is 0.193 e. The number of rotatable bonds is 8. The Bertz CT molecular complexity index is 658. The Morgan fingerprint density at radius 2 is 2.12 bits per heavy atom.